The van der Waals surface area contributed by atoms with Gasteiger partial charge in [0.15, 0.2) is 0 Å². The van der Waals surface area contributed by atoms with Crippen LogP contribution in [0, 0.1) is 0 Å². The van der Waals surface area contributed by atoms with Crippen molar-refractivity contribution < 1.29 is 0 Å². The standard InChI is InChI=1S/C13H16ClN3/c14-10-5-3-6-11-13(10)17-12(16-11)8-9-4-1-2-7-15-9/h3,5-6,9,15H,1-2,4,7-8H2,(H,16,17). The minimum absolute atomic E-state index is 0.558. The fourth-order valence-electron chi connectivity index (χ4n) is 2.48. The fourth-order valence-corrected chi connectivity index (χ4v) is 2.69. The second-order valence-electron chi connectivity index (χ2n) is 4.67. The van der Waals surface area contributed by atoms with E-state index in [9.17, 15) is 0 Å². The summed E-state index contributed by atoms with van der Waals surface area (Å²) in [6, 6.07) is 6.41. The highest BCUT2D eigenvalue weighted by Crippen LogP contribution is 2.22. The van der Waals surface area contributed by atoms with Gasteiger partial charge in [-0.05, 0) is 31.5 Å². The number of rotatable bonds is 2. The molecule has 0 amide bonds. The second kappa shape index (κ2) is 4.67. The van der Waals surface area contributed by atoms with Crippen molar-refractivity contribution in [2.75, 3.05) is 6.54 Å². The van der Waals surface area contributed by atoms with E-state index in [1.165, 1.54) is 19.3 Å². The SMILES string of the molecule is Clc1cccc2[nH]c(CC3CCCCN3)nc12. The van der Waals surface area contributed by atoms with Crippen molar-refractivity contribution in [1.29, 1.82) is 0 Å². The lowest BCUT2D eigenvalue weighted by atomic mass is 10.0. The van der Waals surface area contributed by atoms with Crippen molar-refractivity contribution in [2.45, 2.75) is 31.7 Å². The third-order valence-corrected chi connectivity index (χ3v) is 3.67. The van der Waals surface area contributed by atoms with Gasteiger partial charge in [0.1, 0.15) is 11.3 Å². The van der Waals surface area contributed by atoms with Crippen LogP contribution in [0.5, 0.6) is 0 Å². The van der Waals surface area contributed by atoms with Crippen molar-refractivity contribution in [3.8, 4) is 0 Å². The maximum absolute atomic E-state index is 6.12. The Labute approximate surface area is 106 Å². The van der Waals surface area contributed by atoms with Gasteiger partial charge in [-0.1, -0.05) is 24.1 Å². The predicted octanol–water partition coefficient (Wildman–Crippen LogP) is 2.90. The van der Waals surface area contributed by atoms with Crippen LogP contribution < -0.4 is 5.32 Å². The summed E-state index contributed by atoms with van der Waals surface area (Å²) in [5.41, 5.74) is 1.92. The molecule has 4 heteroatoms. The third kappa shape index (κ3) is 2.31. The molecule has 1 aliphatic heterocycles. The number of halogens is 1. The van der Waals surface area contributed by atoms with Crippen molar-refractivity contribution in [3.63, 3.8) is 0 Å². The van der Waals surface area contributed by atoms with Crippen LogP contribution in [0.15, 0.2) is 18.2 Å². The van der Waals surface area contributed by atoms with E-state index in [0.717, 1.165) is 34.8 Å². The normalized spacial score (nSPS) is 20.9. The first-order valence-corrected chi connectivity index (χ1v) is 6.57. The number of fused-ring (bicyclic) bond motifs is 1. The summed E-state index contributed by atoms with van der Waals surface area (Å²) in [5, 5.41) is 4.26. The minimum Gasteiger partial charge on any atom is -0.342 e. The smallest absolute Gasteiger partial charge is 0.108 e. The van der Waals surface area contributed by atoms with E-state index in [0.29, 0.717) is 6.04 Å². The molecule has 0 spiro atoms. The maximum atomic E-state index is 6.12. The predicted molar refractivity (Wildman–Crippen MR) is 70.4 cm³/mol. The highest BCUT2D eigenvalue weighted by molar-refractivity contribution is 6.34. The number of aromatic amines is 1. The van der Waals surface area contributed by atoms with Crippen LogP contribution in [0.3, 0.4) is 0 Å². The zero-order valence-electron chi connectivity index (χ0n) is 9.67. The van der Waals surface area contributed by atoms with Gasteiger partial charge in [0.2, 0.25) is 0 Å². The Bertz CT molecular complexity index is 514. The molecule has 1 atom stereocenters. The summed E-state index contributed by atoms with van der Waals surface area (Å²) in [7, 11) is 0. The van der Waals surface area contributed by atoms with Crippen LogP contribution in [0.25, 0.3) is 11.0 Å². The summed E-state index contributed by atoms with van der Waals surface area (Å²) < 4.78 is 0. The number of nitrogens with one attached hydrogen (secondary N) is 2. The van der Waals surface area contributed by atoms with E-state index in [4.69, 9.17) is 11.6 Å². The number of hydrogen-bond acceptors (Lipinski definition) is 2. The Morgan fingerprint density at radius 3 is 3.06 bits per heavy atom. The Kier molecular flexibility index (Phi) is 3.04. The molecule has 1 aliphatic rings. The molecular weight excluding hydrogens is 234 g/mol. The van der Waals surface area contributed by atoms with Gasteiger partial charge in [-0.3, -0.25) is 0 Å². The Balaban J connectivity index is 1.83. The van der Waals surface area contributed by atoms with E-state index >= 15 is 0 Å². The van der Waals surface area contributed by atoms with Crippen LogP contribution in [-0.2, 0) is 6.42 Å². The summed E-state index contributed by atoms with van der Waals surface area (Å²) in [6.07, 6.45) is 4.82. The largest absolute Gasteiger partial charge is 0.342 e. The topological polar surface area (TPSA) is 40.7 Å². The quantitative estimate of drug-likeness (QED) is 0.859. The summed E-state index contributed by atoms with van der Waals surface area (Å²) in [4.78, 5) is 7.93. The third-order valence-electron chi connectivity index (χ3n) is 3.36. The molecule has 0 radical (unpaired) electrons. The van der Waals surface area contributed by atoms with E-state index in [2.05, 4.69) is 15.3 Å². The van der Waals surface area contributed by atoms with Gasteiger partial charge in [-0.15, -0.1) is 0 Å². The van der Waals surface area contributed by atoms with Crippen molar-refractivity contribution >= 4 is 22.6 Å². The van der Waals surface area contributed by atoms with Gasteiger partial charge in [0, 0.05) is 12.5 Å². The first-order valence-electron chi connectivity index (χ1n) is 6.19. The van der Waals surface area contributed by atoms with Gasteiger partial charge in [0.05, 0.1) is 10.5 Å². The minimum atomic E-state index is 0.558. The number of hydrogen-bond donors (Lipinski definition) is 2. The molecule has 2 N–H and O–H groups in total. The molecule has 0 bridgehead atoms. The summed E-state index contributed by atoms with van der Waals surface area (Å²) in [6.45, 7) is 1.13. The summed E-state index contributed by atoms with van der Waals surface area (Å²) >= 11 is 6.12. The van der Waals surface area contributed by atoms with Crippen LogP contribution >= 0.6 is 11.6 Å². The van der Waals surface area contributed by atoms with Crippen LogP contribution in [0.2, 0.25) is 5.02 Å². The van der Waals surface area contributed by atoms with Crippen LogP contribution in [-0.4, -0.2) is 22.6 Å². The molecule has 1 unspecified atom stereocenters. The molecule has 1 fully saturated rings. The first kappa shape index (κ1) is 11.1. The highest BCUT2D eigenvalue weighted by Gasteiger charge is 2.15. The molecule has 1 aromatic heterocycles. The lowest BCUT2D eigenvalue weighted by Crippen LogP contribution is -2.35. The molecule has 90 valence electrons. The Morgan fingerprint density at radius 1 is 1.35 bits per heavy atom. The number of nitrogens with zero attached hydrogens (tertiary/aromatic N) is 1. The molecule has 3 rings (SSSR count). The fraction of sp³-hybridized carbons (Fsp3) is 0.462. The average molecular weight is 250 g/mol. The van der Waals surface area contributed by atoms with E-state index in [-0.39, 0.29) is 0 Å². The van der Waals surface area contributed by atoms with Crippen LogP contribution in [0.1, 0.15) is 25.1 Å². The number of imidazole rings is 1. The Hall–Kier alpha value is -1.06. The van der Waals surface area contributed by atoms with Gasteiger partial charge in [-0.2, -0.15) is 0 Å². The van der Waals surface area contributed by atoms with Gasteiger partial charge < -0.3 is 10.3 Å². The molecule has 2 aromatic rings. The molecule has 17 heavy (non-hydrogen) atoms. The lowest BCUT2D eigenvalue weighted by Gasteiger charge is -2.22. The van der Waals surface area contributed by atoms with E-state index in [1.807, 2.05) is 18.2 Å². The summed E-state index contributed by atoms with van der Waals surface area (Å²) in [5.74, 6) is 1.03. The molecule has 1 saturated heterocycles. The number of para-hydroxylation sites is 1. The lowest BCUT2D eigenvalue weighted by molar-refractivity contribution is 0.395. The number of benzene rings is 1. The zero-order valence-corrected chi connectivity index (χ0v) is 10.4. The molecule has 0 saturated carbocycles. The van der Waals surface area contributed by atoms with Crippen molar-refractivity contribution in [3.05, 3.63) is 29.0 Å². The van der Waals surface area contributed by atoms with Crippen LogP contribution in [0.4, 0.5) is 0 Å². The van der Waals surface area contributed by atoms with Crippen molar-refractivity contribution in [2.24, 2.45) is 0 Å². The molecule has 3 nitrogen and oxygen atoms in total. The Morgan fingerprint density at radius 2 is 2.29 bits per heavy atom. The average Bonchev–Trinajstić information content (AvgIpc) is 2.74. The zero-order chi connectivity index (χ0) is 11.7. The van der Waals surface area contributed by atoms with E-state index in [1.54, 1.807) is 0 Å². The number of piperidine rings is 1. The maximum Gasteiger partial charge on any atom is 0.108 e. The van der Waals surface area contributed by atoms with Crippen molar-refractivity contribution in [1.82, 2.24) is 15.3 Å². The molecule has 2 heterocycles. The second-order valence-corrected chi connectivity index (χ2v) is 5.08. The molecule has 1 aromatic carbocycles. The van der Waals surface area contributed by atoms with Gasteiger partial charge >= 0.3 is 0 Å². The highest BCUT2D eigenvalue weighted by atomic mass is 35.5. The first-order chi connectivity index (χ1) is 8.33. The monoisotopic (exact) mass is 249 g/mol. The van der Waals surface area contributed by atoms with Gasteiger partial charge in [0.25, 0.3) is 0 Å². The van der Waals surface area contributed by atoms with Gasteiger partial charge in [-0.25, -0.2) is 4.98 Å². The molecule has 0 aliphatic carbocycles. The number of aromatic nitrogens is 2. The van der Waals surface area contributed by atoms with E-state index < -0.39 is 0 Å². The number of H-pyrrole nitrogens is 1. The molecular formula is C13H16ClN3.